The lowest BCUT2D eigenvalue weighted by Gasteiger charge is -2.36. The third-order valence-electron chi connectivity index (χ3n) is 5.53. The first-order chi connectivity index (χ1) is 13.9. The van der Waals surface area contributed by atoms with Crippen LogP contribution in [0.2, 0.25) is 18.1 Å². The molecule has 0 fully saturated rings. The molecular formula is C22H38N2O5Si. The van der Waals surface area contributed by atoms with Gasteiger partial charge in [-0.2, -0.15) is 0 Å². The Morgan fingerprint density at radius 2 is 1.83 bits per heavy atom. The molecule has 0 saturated carbocycles. The van der Waals surface area contributed by atoms with Crippen molar-refractivity contribution in [1.29, 1.82) is 0 Å². The minimum atomic E-state index is -1.84. The van der Waals surface area contributed by atoms with E-state index in [9.17, 15) is 9.59 Å². The molecule has 0 amide bonds. The quantitative estimate of drug-likeness (QED) is 0.374. The Morgan fingerprint density at radius 1 is 1.20 bits per heavy atom. The molecule has 1 atom stereocenters. The average molecular weight is 439 g/mol. The van der Waals surface area contributed by atoms with Crippen LogP contribution in [0.3, 0.4) is 0 Å². The van der Waals surface area contributed by atoms with Gasteiger partial charge in [-0.3, -0.25) is 9.59 Å². The van der Waals surface area contributed by atoms with Crippen LogP contribution >= 0.6 is 0 Å². The van der Waals surface area contributed by atoms with Gasteiger partial charge >= 0.3 is 11.9 Å². The van der Waals surface area contributed by atoms with E-state index in [0.29, 0.717) is 13.0 Å². The van der Waals surface area contributed by atoms with Crippen molar-refractivity contribution in [2.24, 2.45) is 13.0 Å². The molecule has 0 spiro atoms. The smallest absolute Gasteiger partial charge is 0.309 e. The maximum Gasteiger partial charge on any atom is 0.309 e. The number of allylic oxidation sites excluding steroid dienone is 1. The van der Waals surface area contributed by atoms with Crippen LogP contribution in [0.5, 0.6) is 0 Å². The fourth-order valence-corrected chi connectivity index (χ4v) is 3.44. The first-order valence-corrected chi connectivity index (χ1v) is 13.5. The fraction of sp³-hybridized carbons (Fsp3) is 0.682. The van der Waals surface area contributed by atoms with Crippen molar-refractivity contribution in [3.05, 3.63) is 23.8 Å². The summed E-state index contributed by atoms with van der Waals surface area (Å²) in [6.07, 6.45) is 5.90. The third-order valence-corrected chi connectivity index (χ3v) is 10.0. The van der Waals surface area contributed by atoms with Gasteiger partial charge in [-0.1, -0.05) is 26.8 Å². The molecule has 0 bridgehead atoms. The van der Waals surface area contributed by atoms with Gasteiger partial charge in [-0.25, -0.2) is 4.98 Å². The Hall–Kier alpha value is -1.93. The van der Waals surface area contributed by atoms with Crippen molar-refractivity contribution in [2.45, 2.75) is 72.2 Å². The highest BCUT2D eigenvalue weighted by Gasteiger charge is 2.37. The summed E-state index contributed by atoms with van der Waals surface area (Å²) in [5.41, 5.74) is 0.993. The molecule has 0 aliphatic rings. The molecule has 0 N–H and O–H groups in total. The molecule has 1 heterocycles. The maximum atomic E-state index is 12.2. The minimum absolute atomic E-state index is 0.00316. The van der Waals surface area contributed by atoms with Crippen LogP contribution in [0.4, 0.5) is 0 Å². The highest BCUT2D eigenvalue weighted by Crippen LogP contribution is 2.37. The summed E-state index contributed by atoms with van der Waals surface area (Å²) >= 11 is 0. The fourth-order valence-electron chi connectivity index (χ4n) is 2.50. The molecule has 0 aliphatic carbocycles. The number of imidazole rings is 1. The van der Waals surface area contributed by atoms with Crippen molar-refractivity contribution in [2.75, 3.05) is 13.2 Å². The van der Waals surface area contributed by atoms with Crippen LogP contribution in [0.25, 0.3) is 6.08 Å². The highest BCUT2D eigenvalue weighted by molar-refractivity contribution is 6.74. The Bertz CT molecular complexity index is 734. The molecule has 1 rings (SSSR count). The van der Waals surface area contributed by atoms with E-state index in [-0.39, 0.29) is 24.7 Å². The maximum absolute atomic E-state index is 12.2. The number of esters is 2. The Labute approximate surface area is 181 Å². The van der Waals surface area contributed by atoms with E-state index in [1.54, 1.807) is 13.8 Å². The van der Waals surface area contributed by atoms with E-state index in [0.717, 1.165) is 11.5 Å². The van der Waals surface area contributed by atoms with E-state index < -0.39 is 26.2 Å². The van der Waals surface area contributed by atoms with Crippen LogP contribution in [0.1, 0.15) is 59.0 Å². The van der Waals surface area contributed by atoms with Crippen molar-refractivity contribution in [3.8, 4) is 0 Å². The number of ether oxygens (including phenoxy) is 2. The number of aromatic nitrogens is 2. The predicted molar refractivity (Wildman–Crippen MR) is 120 cm³/mol. The van der Waals surface area contributed by atoms with Gasteiger partial charge in [0, 0.05) is 7.05 Å². The number of rotatable bonds is 11. The summed E-state index contributed by atoms with van der Waals surface area (Å²) < 4.78 is 18.3. The molecule has 1 aromatic heterocycles. The van der Waals surface area contributed by atoms with Crippen LogP contribution in [0, 0.1) is 5.92 Å². The monoisotopic (exact) mass is 438 g/mol. The standard InChI is InChI=1S/C22H38N2O5Si/c1-9-27-20(25)14-17(21(26)28-10-2)12-11-13-19-23-15-18(24(19)6)16-29-30(7,8)22(3,4)5/h11,13,15,17H,9-10,12,14,16H2,1-8H3/b13-11+/t17-/m0/s1. The third kappa shape index (κ3) is 7.72. The van der Waals surface area contributed by atoms with Gasteiger partial charge in [0.1, 0.15) is 5.82 Å². The molecule has 30 heavy (non-hydrogen) atoms. The number of nitrogens with zero attached hydrogens (tertiary/aromatic N) is 2. The normalized spacial score (nSPS) is 13.5. The Balaban J connectivity index is 2.79. The first kappa shape index (κ1) is 26.1. The predicted octanol–water partition coefficient (Wildman–Crippen LogP) is 4.48. The lowest BCUT2D eigenvalue weighted by Crippen LogP contribution is -2.40. The van der Waals surface area contributed by atoms with E-state index >= 15 is 0 Å². The van der Waals surface area contributed by atoms with E-state index in [1.807, 2.05) is 30.0 Å². The molecule has 0 aromatic carbocycles. The van der Waals surface area contributed by atoms with E-state index in [4.69, 9.17) is 13.9 Å². The minimum Gasteiger partial charge on any atom is -0.466 e. The summed E-state index contributed by atoms with van der Waals surface area (Å²) in [6, 6.07) is 0. The summed E-state index contributed by atoms with van der Waals surface area (Å²) in [7, 11) is 0.104. The lowest BCUT2D eigenvalue weighted by atomic mass is 10.0. The van der Waals surface area contributed by atoms with E-state index in [1.165, 1.54) is 0 Å². The Morgan fingerprint density at radius 3 is 2.40 bits per heavy atom. The average Bonchev–Trinajstić information content (AvgIpc) is 2.98. The first-order valence-electron chi connectivity index (χ1n) is 10.6. The van der Waals surface area contributed by atoms with Crippen molar-refractivity contribution in [3.63, 3.8) is 0 Å². The second-order valence-electron chi connectivity index (χ2n) is 8.81. The molecule has 1 aromatic rings. The van der Waals surface area contributed by atoms with Gasteiger partial charge in [0.25, 0.3) is 0 Å². The number of carbonyl (C=O) groups excluding carboxylic acids is 2. The van der Waals surface area contributed by atoms with Gasteiger partial charge in [0.05, 0.1) is 44.1 Å². The lowest BCUT2D eigenvalue weighted by molar-refractivity contribution is -0.154. The van der Waals surface area contributed by atoms with Gasteiger partial charge < -0.3 is 18.5 Å². The van der Waals surface area contributed by atoms with Crippen molar-refractivity contribution < 1.29 is 23.5 Å². The largest absolute Gasteiger partial charge is 0.466 e. The molecule has 0 aliphatic heterocycles. The molecule has 0 unspecified atom stereocenters. The topological polar surface area (TPSA) is 79.7 Å². The summed E-state index contributed by atoms with van der Waals surface area (Å²) in [6.45, 7) is 15.7. The van der Waals surface area contributed by atoms with Gasteiger partial charge in [0.2, 0.25) is 0 Å². The molecular weight excluding hydrogens is 400 g/mol. The zero-order valence-corrected chi connectivity index (χ0v) is 20.8. The van der Waals surface area contributed by atoms with Crippen LogP contribution in [-0.4, -0.2) is 43.0 Å². The molecule has 170 valence electrons. The molecule has 0 saturated heterocycles. The molecule has 0 radical (unpaired) electrons. The number of carbonyl (C=O) groups is 2. The summed E-state index contributed by atoms with van der Waals surface area (Å²) in [4.78, 5) is 28.4. The van der Waals surface area contributed by atoms with Crippen molar-refractivity contribution >= 4 is 26.3 Å². The van der Waals surface area contributed by atoms with Crippen LogP contribution in [-0.2, 0) is 37.1 Å². The zero-order valence-electron chi connectivity index (χ0n) is 19.8. The Kier molecular flexibility index (Phi) is 9.97. The summed E-state index contributed by atoms with van der Waals surface area (Å²) in [5.74, 6) is -0.589. The molecule has 8 heteroatoms. The molecule has 7 nitrogen and oxygen atoms in total. The van der Waals surface area contributed by atoms with Crippen LogP contribution in [0.15, 0.2) is 12.3 Å². The zero-order chi connectivity index (χ0) is 22.9. The van der Waals surface area contributed by atoms with E-state index in [2.05, 4.69) is 38.8 Å². The van der Waals surface area contributed by atoms with Gasteiger partial charge in [-0.15, -0.1) is 0 Å². The van der Waals surface area contributed by atoms with Crippen LogP contribution < -0.4 is 0 Å². The highest BCUT2D eigenvalue weighted by atomic mass is 28.4. The van der Waals surface area contributed by atoms with Gasteiger partial charge in [0.15, 0.2) is 8.32 Å². The SMILES string of the molecule is CCOC(=O)C[C@H](C/C=C/c1ncc(CO[Si](C)(C)C(C)(C)C)n1C)C(=O)OCC. The number of hydrogen-bond acceptors (Lipinski definition) is 6. The second-order valence-corrected chi connectivity index (χ2v) is 13.6. The van der Waals surface area contributed by atoms with Gasteiger partial charge in [-0.05, 0) is 44.5 Å². The van der Waals surface area contributed by atoms with Crippen molar-refractivity contribution in [1.82, 2.24) is 9.55 Å². The summed E-state index contributed by atoms with van der Waals surface area (Å²) in [5, 5.41) is 0.148. The number of hydrogen-bond donors (Lipinski definition) is 0. The second kappa shape index (κ2) is 11.5.